The van der Waals surface area contributed by atoms with Gasteiger partial charge in [0.1, 0.15) is 20.3 Å². The van der Waals surface area contributed by atoms with Gasteiger partial charge < -0.3 is 9.47 Å². The Kier molecular flexibility index (Phi) is 6.66. The third-order valence-electron chi connectivity index (χ3n) is 6.97. The summed E-state index contributed by atoms with van der Waals surface area (Å²) in [5.74, 6) is 2.06. The largest absolute Gasteiger partial charge is 0.497 e. The molecule has 164 valence electrons. The molecule has 1 aliphatic rings. The van der Waals surface area contributed by atoms with Crippen LogP contribution in [-0.4, -0.2) is 23.0 Å². The quantitative estimate of drug-likeness (QED) is 0.453. The van der Waals surface area contributed by atoms with Crippen molar-refractivity contribution in [2.24, 2.45) is 5.92 Å². The molecule has 1 aliphatic carbocycles. The summed E-state index contributed by atoms with van der Waals surface area (Å²) < 4.78 is 11.2. The summed E-state index contributed by atoms with van der Waals surface area (Å²) >= 11 is 0. The fourth-order valence-corrected chi connectivity index (χ4v) is 8.35. The van der Waals surface area contributed by atoms with Gasteiger partial charge in [-0.25, -0.2) is 0 Å². The number of hydrogen-bond donors (Lipinski definition) is 0. The Hall–Kier alpha value is -3.04. The first kappa shape index (κ1) is 22.2. The Balaban J connectivity index is 1.80. The molecule has 0 bridgehead atoms. The van der Waals surface area contributed by atoms with Crippen LogP contribution in [-0.2, 0) is 0 Å². The molecule has 1 unspecified atom stereocenters. The third-order valence-corrected chi connectivity index (χ3v) is 10.3. The SMILES string of the molecule is COc1cc(OC)cc(C2=C(C)C(C)=C(C)C2C[SiH](c2ccccc2)c2ccccc2)c1. The monoisotopic (exact) mass is 440 g/mol. The van der Waals surface area contributed by atoms with Crippen LogP contribution in [0, 0.1) is 5.92 Å². The summed E-state index contributed by atoms with van der Waals surface area (Å²) in [6, 6.07) is 29.6. The smallest absolute Gasteiger partial charge is 0.123 e. The van der Waals surface area contributed by atoms with Gasteiger partial charge in [-0.1, -0.05) is 76.6 Å². The van der Waals surface area contributed by atoms with Crippen LogP contribution in [0.25, 0.3) is 5.57 Å². The van der Waals surface area contributed by atoms with Gasteiger partial charge in [0.25, 0.3) is 0 Å². The first-order valence-electron chi connectivity index (χ1n) is 11.2. The molecule has 0 saturated heterocycles. The maximum Gasteiger partial charge on any atom is 0.123 e. The lowest BCUT2D eigenvalue weighted by Gasteiger charge is -2.25. The molecule has 3 aromatic carbocycles. The van der Waals surface area contributed by atoms with Gasteiger partial charge in [-0.05, 0) is 61.2 Å². The zero-order chi connectivity index (χ0) is 22.7. The van der Waals surface area contributed by atoms with E-state index in [2.05, 4.69) is 93.6 Å². The van der Waals surface area contributed by atoms with E-state index in [1.165, 1.54) is 38.2 Å². The van der Waals surface area contributed by atoms with E-state index in [4.69, 9.17) is 9.47 Å². The number of ether oxygens (including phenoxy) is 2. The summed E-state index contributed by atoms with van der Waals surface area (Å²) in [5.41, 5.74) is 6.91. The second kappa shape index (κ2) is 9.62. The van der Waals surface area contributed by atoms with Crippen molar-refractivity contribution in [2.75, 3.05) is 14.2 Å². The van der Waals surface area contributed by atoms with E-state index in [-0.39, 0.29) is 0 Å². The molecule has 0 fully saturated rings. The first-order chi connectivity index (χ1) is 15.5. The van der Waals surface area contributed by atoms with Crippen LogP contribution in [0.5, 0.6) is 11.5 Å². The van der Waals surface area contributed by atoms with Crippen LogP contribution in [0.3, 0.4) is 0 Å². The first-order valence-corrected chi connectivity index (χ1v) is 13.2. The highest BCUT2D eigenvalue weighted by Gasteiger charge is 2.32. The van der Waals surface area contributed by atoms with Crippen LogP contribution in [0.2, 0.25) is 6.04 Å². The van der Waals surface area contributed by atoms with Crippen molar-refractivity contribution in [3.63, 3.8) is 0 Å². The third kappa shape index (κ3) is 4.30. The summed E-state index contributed by atoms with van der Waals surface area (Å²) in [4.78, 5) is 0. The molecule has 0 spiro atoms. The molecule has 0 radical (unpaired) electrons. The lowest BCUT2D eigenvalue weighted by molar-refractivity contribution is 0.394. The summed E-state index contributed by atoms with van der Waals surface area (Å²) in [5, 5.41) is 2.99. The van der Waals surface area contributed by atoms with E-state index in [1.54, 1.807) is 14.2 Å². The van der Waals surface area contributed by atoms with Crippen molar-refractivity contribution in [1.82, 2.24) is 0 Å². The lowest BCUT2D eigenvalue weighted by Crippen LogP contribution is -2.43. The normalized spacial score (nSPS) is 16.1. The molecule has 32 heavy (non-hydrogen) atoms. The van der Waals surface area contributed by atoms with Crippen molar-refractivity contribution in [2.45, 2.75) is 26.8 Å². The molecule has 1 atom stereocenters. The molecule has 0 N–H and O–H groups in total. The van der Waals surface area contributed by atoms with E-state index in [0.717, 1.165) is 17.5 Å². The van der Waals surface area contributed by atoms with Crippen LogP contribution in [0.1, 0.15) is 26.3 Å². The molecule has 0 amide bonds. The summed E-state index contributed by atoms with van der Waals surface area (Å²) in [6.45, 7) is 6.85. The number of allylic oxidation sites excluding steroid dienone is 4. The molecule has 0 aromatic heterocycles. The van der Waals surface area contributed by atoms with Gasteiger partial charge >= 0.3 is 0 Å². The lowest BCUT2D eigenvalue weighted by atomic mass is 9.91. The molecule has 0 saturated carbocycles. The predicted octanol–water partition coefficient (Wildman–Crippen LogP) is 5.49. The predicted molar refractivity (Wildman–Crippen MR) is 138 cm³/mol. The van der Waals surface area contributed by atoms with E-state index < -0.39 is 8.80 Å². The van der Waals surface area contributed by atoms with E-state index in [1.807, 2.05) is 6.07 Å². The summed E-state index contributed by atoms with van der Waals surface area (Å²) in [7, 11) is 2.00. The van der Waals surface area contributed by atoms with Gasteiger partial charge in [0.05, 0.1) is 14.2 Å². The molecule has 3 heteroatoms. The van der Waals surface area contributed by atoms with Crippen LogP contribution in [0.4, 0.5) is 0 Å². The molecule has 0 heterocycles. The highest BCUT2D eigenvalue weighted by molar-refractivity contribution is 6.85. The number of rotatable bonds is 7. The highest BCUT2D eigenvalue weighted by atomic mass is 28.3. The minimum absolute atomic E-state index is 0.392. The van der Waals surface area contributed by atoms with Crippen LogP contribution < -0.4 is 19.8 Å². The van der Waals surface area contributed by atoms with Gasteiger partial charge in [0.2, 0.25) is 0 Å². The van der Waals surface area contributed by atoms with Gasteiger partial charge in [0, 0.05) is 12.0 Å². The van der Waals surface area contributed by atoms with Gasteiger partial charge in [-0.2, -0.15) is 0 Å². The Morgan fingerprint density at radius 1 is 0.688 bits per heavy atom. The number of methoxy groups -OCH3 is 2. The van der Waals surface area contributed by atoms with E-state index in [9.17, 15) is 0 Å². The maximum absolute atomic E-state index is 5.59. The Bertz CT molecular complexity index is 1080. The van der Waals surface area contributed by atoms with Gasteiger partial charge in [0.15, 0.2) is 0 Å². The molecule has 3 aromatic rings. The van der Waals surface area contributed by atoms with Gasteiger partial charge in [-0.15, -0.1) is 0 Å². The topological polar surface area (TPSA) is 18.5 Å². The molecular formula is C29H32O2Si. The highest BCUT2D eigenvalue weighted by Crippen LogP contribution is 2.46. The maximum atomic E-state index is 5.59. The van der Waals surface area contributed by atoms with Gasteiger partial charge in [-0.3, -0.25) is 0 Å². The van der Waals surface area contributed by atoms with Crippen molar-refractivity contribution >= 4 is 24.7 Å². The number of hydrogen-bond acceptors (Lipinski definition) is 2. The molecule has 4 rings (SSSR count). The fourth-order valence-electron chi connectivity index (χ4n) is 4.98. The van der Waals surface area contributed by atoms with Crippen LogP contribution in [0.15, 0.2) is 95.6 Å². The minimum Gasteiger partial charge on any atom is -0.497 e. The Morgan fingerprint density at radius 3 is 1.66 bits per heavy atom. The van der Waals surface area contributed by atoms with Crippen molar-refractivity contribution in [1.29, 1.82) is 0 Å². The van der Waals surface area contributed by atoms with Crippen LogP contribution >= 0.6 is 0 Å². The molecular weight excluding hydrogens is 408 g/mol. The minimum atomic E-state index is -1.43. The molecule has 2 nitrogen and oxygen atoms in total. The average Bonchev–Trinajstić information content (AvgIpc) is 3.06. The number of benzene rings is 3. The Labute approximate surface area is 193 Å². The standard InChI is InChI=1S/C29H32O2Si/c1-20-21(2)28(29(22(20)3)23-16-24(30-4)18-25(17-23)31-5)19-32(26-12-8-6-9-13-26)27-14-10-7-11-15-27/h6-18,28,32H,19H2,1-5H3. The second-order valence-electron chi connectivity index (χ2n) is 8.61. The fraction of sp³-hybridized carbons (Fsp3) is 0.241. The Morgan fingerprint density at radius 2 is 1.19 bits per heavy atom. The van der Waals surface area contributed by atoms with Crippen molar-refractivity contribution in [3.8, 4) is 11.5 Å². The average molecular weight is 441 g/mol. The second-order valence-corrected chi connectivity index (χ2v) is 11.5. The van der Waals surface area contributed by atoms with E-state index in [0.29, 0.717) is 5.92 Å². The zero-order valence-corrected chi connectivity index (χ0v) is 20.8. The summed E-state index contributed by atoms with van der Waals surface area (Å²) in [6.07, 6.45) is 0. The zero-order valence-electron chi connectivity index (χ0n) is 19.7. The molecule has 0 aliphatic heterocycles. The van der Waals surface area contributed by atoms with Crippen molar-refractivity contribution < 1.29 is 9.47 Å². The van der Waals surface area contributed by atoms with Crippen molar-refractivity contribution in [3.05, 3.63) is 101 Å². The van der Waals surface area contributed by atoms with E-state index >= 15 is 0 Å².